The number of fused-ring (bicyclic) bond motifs is 1. The molecule has 0 aliphatic heterocycles. The van der Waals surface area contributed by atoms with Crippen LogP contribution in [0.2, 0.25) is 0 Å². The van der Waals surface area contributed by atoms with E-state index in [-0.39, 0.29) is 4.90 Å². The second-order valence-corrected chi connectivity index (χ2v) is 8.50. The van der Waals surface area contributed by atoms with E-state index >= 15 is 0 Å². The van der Waals surface area contributed by atoms with Crippen molar-refractivity contribution < 1.29 is 13.2 Å². The van der Waals surface area contributed by atoms with Crippen LogP contribution in [0.5, 0.6) is 0 Å². The van der Waals surface area contributed by atoms with E-state index in [1.54, 1.807) is 18.2 Å². The number of H-pyrrole nitrogens is 1. The summed E-state index contributed by atoms with van der Waals surface area (Å²) in [6, 6.07) is 10.9. The number of nitrogens with zero attached hydrogens (tertiary/aromatic N) is 1. The molecule has 3 rings (SSSR count). The average Bonchev–Trinajstić information content (AvgIpc) is 2.94. The van der Waals surface area contributed by atoms with Crippen molar-refractivity contribution in [2.45, 2.75) is 18.7 Å². The molecule has 5 nitrogen and oxygen atoms in total. The Kier molecular flexibility index (Phi) is 4.26. The van der Waals surface area contributed by atoms with E-state index in [0.717, 1.165) is 32.8 Å². The van der Waals surface area contributed by atoms with Gasteiger partial charge in [0, 0.05) is 36.1 Å². The normalized spacial score (nSPS) is 12.0. The minimum atomic E-state index is -3.56. The van der Waals surface area contributed by atoms with E-state index < -0.39 is 10.0 Å². The highest BCUT2D eigenvalue weighted by molar-refractivity contribution is 7.89. The van der Waals surface area contributed by atoms with Crippen molar-refractivity contribution in [1.82, 2.24) is 9.29 Å². The first-order chi connectivity index (χ1) is 11.8. The topological polar surface area (TPSA) is 70.2 Å². The van der Waals surface area contributed by atoms with Crippen LogP contribution in [0.25, 0.3) is 22.2 Å². The van der Waals surface area contributed by atoms with Crippen molar-refractivity contribution in [2.24, 2.45) is 0 Å². The highest BCUT2D eigenvalue weighted by Gasteiger charge is 2.20. The zero-order valence-electron chi connectivity index (χ0n) is 14.6. The number of sulfonamides is 1. The number of hydrogen-bond donors (Lipinski definition) is 1. The first-order valence-corrected chi connectivity index (χ1v) is 9.30. The van der Waals surface area contributed by atoms with Gasteiger partial charge in [0.25, 0.3) is 0 Å². The Morgan fingerprint density at radius 2 is 1.76 bits per heavy atom. The van der Waals surface area contributed by atoms with Crippen molar-refractivity contribution in [1.29, 1.82) is 0 Å². The lowest BCUT2D eigenvalue weighted by Gasteiger charge is -2.11. The largest absolute Gasteiger partial charge is 0.354 e. The van der Waals surface area contributed by atoms with E-state index in [1.807, 2.05) is 32.0 Å². The van der Waals surface area contributed by atoms with Crippen molar-refractivity contribution in [2.75, 3.05) is 14.1 Å². The summed E-state index contributed by atoms with van der Waals surface area (Å²) in [5, 5.41) is 0.605. The van der Waals surface area contributed by atoms with Crippen LogP contribution in [0.1, 0.15) is 21.5 Å². The van der Waals surface area contributed by atoms with E-state index in [2.05, 4.69) is 4.98 Å². The van der Waals surface area contributed by atoms with Crippen molar-refractivity contribution >= 4 is 27.2 Å². The van der Waals surface area contributed by atoms with Gasteiger partial charge in [-0.05, 0) is 43.7 Å². The number of nitrogens with one attached hydrogen (secondary N) is 1. The second kappa shape index (κ2) is 6.13. The zero-order chi connectivity index (χ0) is 18.4. The number of carbonyl (C=O) groups is 1. The van der Waals surface area contributed by atoms with Gasteiger partial charge in [0.1, 0.15) is 0 Å². The van der Waals surface area contributed by atoms with Gasteiger partial charge in [-0.2, -0.15) is 0 Å². The molecule has 1 aromatic heterocycles. The smallest absolute Gasteiger partial charge is 0.242 e. The third-order valence-electron chi connectivity index (χ3n) is 4.37. The Morgan fingerprint density at radius 3 is 2.40 bits per heavy atom. The van der Waals surface area contributed by atoms with E-state index in [1.165, 1.54) is 14.1 Å². The molecule has 1 heterocycles. The minimum Gasteiger partial charge on any atom is -0.354 e. The Morgan fingerprint density at radius 1 is 1.04 bits per heavy atom. The van der Waals surface area contributed by atoms with Crippen molar-refractivity contribution in [3.05, 3.63) is 53.1 Å². The summed E-state index contributed by atoms with van der Waals surface area (Å²) in [6.45, 7) is 3.98. The quantitative estimate of drug-likeness (QED) is 0.727. The lowest BCUT2D eigenvalue weighted by atomic mass is 10.00. The fraction of sp³-hybridized carbons (Fsp3) is 0.211. The van der Waals surface area contributed by atoms with E-state index in [9.17, 15) is 13.2 Å². The van der Waals surface area contributed by atoms with Crippen LogP contribution < -0.4 is 0 Å². The number of carbonyl (C=O) groups excluding carboxylic acids is 1. The number of aryl methyl sites for hydroxylation is 2. The van der Waals surface area contributed by atoms with Crippen LogP contribution in [0, 0.1) is 13.8 Å². The third kappa shape index (κ3) is 2.88. The van der Waals surface area contributed by atoms with Gasteiger partial charge >= 0.3 is 0 Å². The summed E-state index contributed by atoms with van der Waals surface area (Å²) in [5.74, 6) is 0. The van der Waals surface area contributed by atoms with Crippen LogP contribution in [0.3, 0.4) is 0 Å². The molecule has 0 aliphatic rings. The number of aromatic nitrogens is 1. The third-order valence-corrected chi connectivity index (χ3v) is 6.18. The highest BCUT2D eigenvalue weighted by Crippen LogP contribution is 2.33. The predicted molar refractivity (Wildman–Crippen MR) is 99.5 cm³/mol. The van der Waals surface area contributed by atoms with Crippen LogP contribution in [0.15, 0.2) is 41.3 Å². The van der Waals surface area contributed by atoms with E-state index in [0.29, 0.717) is 16.6 Å². The Labute approximate surface area is 147 Å². The summed E-state index contributed by atoms with van der Waals surface area (Å²) >= 11 is 0. The molecule has 25 heavy (non-hydrogen) atoms. The van der Waals surface area contributed by atoms with Gasteiger partial charge in [-0.1, -0.05) is 17.7 Å². The standard InChI is InChI=1S/C19H20N2O3S/c1-12-5-6-13(2)15(9-12)19-17(11-22)16-10-14(7-8-18(16)20-19)25(23,24)21(3)4/h5-11,20H,1-4H3. The lowest BCUT2D eigenvalue weighted by Crippen LogP contribution is -2.22. The maximum atomic E-state index is 12.4. The van der Waals surface area contributed by atoms with Crippen molar-refractivity contribution in [3.63, 3.8) is 0 Å². The average molecular weight is 356 g/mol. The first kappa shape index (κ1) is 17.4. The van der Waals surface area contributed by atoms with E-state index in [4.69, 9.17) is 0 Å². The fourth-order valence-corrected chi connectivity index (χ4v) is 3.83. The van der Waals surface area contributed by atoms with Crippen LogP contribution in [-0.4, -0.2) is 38.1 Å². The number of aromatic amines is 1. The van der Waals surface area contributed by atoms with Crippen LogP contribution in [0.4, 0.5) is 0 Å². The molecular weight excluding hydrogens is 336 g/mol. The van der Waals surface area contributed by atoms with Gasteiger partial charge in [-0.3, -0.25) is 4.79 Å². The monoisotopic (exact) mass is 356 g/mol. The molecule has 0 radical (unpaired) electrons. The number of hydrogen-bond acceptors (Lipinski definition) is 3. The molecule has 0 spiro atoms. The maximum Gasteiger partial charge on any atom is 0.242 e. The predicted octanol–water partition coefficient (Wildman–Crippen LogP) is 3.51. The van der Waals surface area contributed by atoms with Gasteiger partial charge < -0.3 is 4.98 Å². The molecule has 0 aliphatic carbocycles. The van der Waals surface area contributed by atoms with Gasteiger partial charge in [0.15, 0.2) is 6.29 Å². The molecule has 130 valence electrons. The molecule has 2 aromatic carbocycles. The molecule has 0 amide bonds. The fourth-order valence-electron chi connectivity index (χ4n) is 2.90. The Bertz CT molecular complexity index is 1080. The molecule has 0 fully saturated rings. The Hall–Kier alpha value is -2.44. The first-order valence-electron chi connectivity index (χ1n) is 7.86. The minimum absolute atomic E-state index is 0.166. The molecule has 0 atom stereocenters. The molecule has 0 bridgehead atoms. The maximum absolute atomic E-state index is 12.4. The van der Waals surface area contributed by atoms with Gasteiger partial charge in [0.05, 0.1) is 10.6 Å². The molecule has 6 heteroatoms. The summed E-state index contributed by atoms with van der Waals surface area (Å²) in [7, 11) is -0.590. The number of rotatable bonds is 4. The number of aldehydes is 1. The SMILES string of the molecule is Cc1ccc(C)c(-c2[nH]c3ccc(S(=O)(=O)N(C)C)cc3c2C=O)c1. The van der Waals surface area contributed by atoms with Crippen LogP contribution in [-0.2, 0) is 10.0 Å². The Balaban J connectivity index is 2.30. The molecular formula is C19H20N2O3S. The van der Waals surface area contributed by atoms with Crippen molar-refractivity contribution in [3.8, 4) is 11.3 Å². The van der Waals surface area contributed by atoms with Crippen LogP contribution >= 0.6 is 0 Å². The highest BCUT2D eigenvalue weighted by atomic mass is 32.2. The molecule has 0 saturated heterocycles. The van der Waals surface area contributed by atoms with Gasteiger partial charge in [-0.15, -0.1) is 0 Å². The summed E-state index contributed by atoms with van der Waals surface area (Å²) in [6.07, 6.45) is 0.780. The summed E-state index contributed by atoms with van der Waals surface area (Å²) in [4.78, 5) is 15.2. The zero-order valence-corrected chi connectivity index (χ0v) is 15.4. The summed E-state index contributed by atoms with van der Waals surface area (Å²) < 4.78 is 25.9. The molecule has 1 N–H and O–H groups in total. The molecule has 0 saturated carbocycles. The lowest BCUT2D eigenvalue weighted by molar-refractivity contribution is 0.112. The molecule has 3 aromatic rings. The summed E-state index contributed by atoms with van der Waals surface area (Å²) in [5.41, 5.74) is 4.99. The second-order valence-electron chi connectivity index (χ2n) is 6.34. The number of benzene rings is 2. The van der Waals surface area contributed by atoms with Gasteiger partial charge in [0.2, 0.25) is 10.0 Å². The van der Waals surface area contributed by atoms with Gasteiger partial charge in [-0.25, -0.2) is 12.7 Å². The molecule has 0 unspecified atom stereocenters.